The van der Waals surface area contributed by atoms with Crippen LogP contribution in [0.15, 0.2) is 42.7 Å². The van der Waals surface area contributed by atoms with E-state index in [9.17, 15) is 5.11 Å². The summed E-state index contributed by atoms with van der Waals surface area (Å²) < 4.78 is 25.4. The third-order valence-electron chi connectivity index (χ3n) is 6.51. The van der Waals surface area contributed by atoms with Gasteiger partial charge in [-0.25, -0.2) is 4.98 Å². The van der Waals surface area contributed by atoms with Crippen LogP contribution >= 0.6 is 58.0 Å². The summed E-state index contributed by atoms with van der Waals surface area (Å²) in [7, 11) is 1.45. The molecule has 4 aromatic rings. The molecular formula is C26H23Cl5N4O5. The van der Waals surface area contributed by atoms with Crippen LogP contribution in [-0.2, 0) is 27.4 Å². The molecule has 0 amide bonds. The highest BCUT2D eigenvalue weighted by Crippen LogP contribution is 2.42. The molecule has 4 atom stereocenters. The maximum absolute atomic E-state index is 11.8. The fourth-order valence-corrected chi connectivity index (χ4v) is 5.65. The number of methoxy groups -OCH3 is 1. The van der Waals surface area contributed by atoms with Gasteiger partial charge in [-0.2, -0.15) is 9.97 Å². The molecule has 5 rings (SSSR count). The summed E-state index contributed by atoms with van der Waals surface area (Å²) in [6, 6.07) is 10.2. The van der Waals surface area contributed by atoms with Crippen molar-refractivity contribution in [3.05, 3.63) is 79.2 Å². The summed E-state index contributed by atoms with van der Waals surface area (Å²) in [5, 5.41) is 13.7. The molecule has 0 saturated carbocycles. The van der Waals surface area contributed by atoms with Crippen molar-refractivity contribution in [2.75, 3.05) is 13.7 Å². The Morgan fingerprint density at radius 1 is 0.975 bits per heavy atom. The molecule has 4 unspecified atom stereocenters. The van der Waals surface area contributed by atoms with Crippen molar-refractivity contribution in [1.82, 2.24) is 19.5 Å². The van der Waals surface area contributed by atoms with Gasteiger partial charge in [0.25, 0.3) is 0 Å². The smallest absolute Gasteiger partial charge is 0.246 e. The number of hydrogen-bond donors (Lipinski definition) is 1. The van der Waals surface area contributed by atoms with Crippen LogP contribution in [0.25, 0.3) is 11.2 Å². The van der Waals surface area contributed by atoms with Gasteiger partial charge >= 0.3 is 0 Å². The number of ether oxygens (including phenoxy) is 4. The molecule has 1 aliphatic heterocycles. The average Bonchev–Trinajstić information content (AvgIpc) is 3.41. The summed E-state index contributed by atoms with van der Waals surface area (Å²) in [5.41, 5.74) is 0.528. The molecule has 14 heteroatoms. The van der Waals surface area contributed by atoms with Crippen molar-refractivity contribution >= 4 is 69.2 Å². The summed E-state index contributed by atoms with van der Waals surface area (Å²) in [6.45, 7) is 1.94. The summed E-state index contributed by atoms with van der Waals surface area (Å²) in [5.74, 6) is 0.191. The highest BCUT2D eigenvalue weighted by atomic mass is 35.5. The van der Waals surface area contributed by atoms with Crippen LogP contribution in [0.4, 0.5) is 0 Å². The Morgan fingerprint density at radius 3 is 2.25 bits per heavy atom. The zero-order chi connectivity index (χ0) is 28.6. The lowest BCUT2D eigenvalue weighted by molar-refractivity contribution is -0.114. The first-order valence-corrected chi connectivity index (χ1v) is 13.9. The second kappa shape index (κ2) is 12.1. The first-order chi connectivity index (χ1) is 19.1. The monoisotopic (exact) mass is 646 g/mol. The molecule has 2 aromatic heterocycles. The maximum atomic E-state index is 11.8. The third-order valence-corrected chi connectivity index (χ3v) is 7.86. The van der Waals surface area contributed by atoms with Crippen LogP contribution in [0.2, 0.25) is 25.4 Å². The van der Waals surface area contributed by atoms with Gasteiger partial charge in [0, 0.05) is 20.1 Å². The number of nitrogens with zero attached hydrogens (tertiary/aromatic N) is 4. The van der Waals surface area contributed by atoms with Gasteiger partial charge in [0.1, 0.15) is 17.8 Å². The van der Waals surface area contributed by atoms with E-state index >= 15 is 0 Å². The summed E-state index contributed by atoms with van der Waals surface area (Å²) in [6.07, 6.45) is -1.08. The first-order valence-electron chi connectivity index (χ1n) is 12.0. The van der Waals surface area contributed by atoms with Crippen LogP contribution in [0.3, 0.4) is 0 Å². The maximum Gasteiger partial charge on any atom is 0.246 e. The van der Waals surface area contributed by atoms with E-state index in [1.54, 1.807) is 47.9 Å². The molecule has 2 aromatic carbocycles. The van der Waals surface area contributed by atoms with Gasteiger partial charge in [-0.3, -0.25) is 4.57 Å². The Hall–Kier alpha value is -1.92. The third kappa shape index (κ3) is 5.99. The second-order valence-electron chi connectivity index (χ2n) is 9.30. The Bertz CT molecular complexity index is 1540. The Balaban J connectivity index is 1.43. The van der Waals surface area contributed by atoms with E-state index in [-0.39, 0.29) is 31.0 Å². The van der Waals surface area contributed by atoms with E-state index in [1.807, 2.05) is 0 Å². The Kier molecular flexibility index (Phi) is 8.97. The largest absolute Gasteiger partial charge is 0.479 e. The lowest BCUT2D eigenvalue weighted by atomic mass is 9.96. The fourth-order valence-electron chi connectivity index (χ4n) is 4.56. The number of halogens is 5. The minimum Gasteiger partial charge on any atom is -0.479 e. The van der Waals surface area contributed by atoms with Crippen LogP contribution in [-0.4, -0.2) is 56.2 Å². The zero-order valence-electron chi connectivity index (χ0n) is 21.2. The van der Waals surface area contributed by atoms with Crippen molar-refractivity contribution in [3.8, 4) is 5.88 Å². The molecule has 0 aliphatic carbocycles. The molecule has 1 fully saturated rings. The van der Waals surface area contributed by atoms with Crippen molar-refractivity contribution in [1.29, 1.82) is 0 Å². The van der Waals surface area contributed by atoms with Gasteiger partial charge in [0.05, 0.1) is 33.3 Å². The van der Waals surface area contributed by atoms with Gasteiger partial charge in [0.15, 0.2) is 17.4 Å². The summed E-state index contributed by atoms with van der Waals surface area (Å²) in [4.78, 5) is 12.7. The molecule has 1 N–H and O–H groups in total. The molecule has 0 spiro atoms. The normalized spacial score (nSPS) is 22.8. The van der Waals surface area contributed by atoms with E-state index in [0.717, 1.165) is 5.56 Å². The molecule has 1 saturated heterocycles. The number of imidazole rings is 1. The van der Waals surface area contributed by atoms with Crippen LogP contribution in [0, 0.1) is 0 Å². The Morgan fingerprint density at radius 2 is 1.62 bits per heavy atom. The van der Waals surface area contributed by atoms with Crippen molar-refractivity contribution in [3.63, 3.8) is 0 Å². The van der Waals surface area contributed by atoms with Crippen LogP contribution < -0.4 is 4.74 Å². The van der Waals surface area contributed by atoms with Gasteiger partial charge in [0.2, 0.25) is 11.2 Å². The lowest BCUT2D eigenvalue weighted by Gasteiger charge is -2.30. The van der Waals surface area contributed by atoms with E-state index in [2.05, 4.69) is 15.0 Å². The molecule has 1 aliphatic rings. The zero-order valence-corrected chi connectivity index (χ0v) is 24.9. The van der Waals surface area contributed by atoms with Gasteiger partial charge in [-0.05, 0) is 53.9 Å². The van der Waals surface area contributed by atoms with Gasteiger partial charge in [-0.1, -0.05) is 58.5 Å². The molecule has 40 heavy (non-hydrogen) atoms. The second-order valence-corrected chi connectivity index (χ2v) is 11.3. The Labute approximate surface area is 254 Å². The number of benzene rings is 2. The molecular weight excluding hydrogens is 626 g/mol. The number of hydrogen-bond acceptors (Lipinski definition) is 8. The van der Waals surface area contributed by atoms with Crippen molar-refractivity contribution in [2.24, 2.45) is 0 Å². The highest BCUT2D eigenvalue weighted by molar-refractivity contribution is 6.35. The van der Waals surface area contributed by atoms with Crippen molar-refractivity contribution < 1.29 is 24.1 Å². The number of rotatable bonds is 9. The molecule has 0 radical (unpaired) electrons. The number of aromatic nitrogens is 4. The minimum absolute atomic E-state index is 0.0475. The summed E-state index contributed by atoms with van der Waals surface area (Å²) >= 11 is 30.8. The molecule has 0 bridgehead atoms. The molecule has 212 valence electrons. The van der Waals surface area contributed by atoms with Crippen LogP contribution in [0.5, 0.6) is 5.88 Å². The SMILES string of the molecule is COc1nc(Cl)nc2c1ncn2C1OC(COCc2ccc(Cl)cc2Cl)C(OCc2ccc(Cl)cc2Cl)C1(C)O. The van der Waals surface area contributed by atoms with E-state index in [4.69, 9.17) is 77.0 Å². The van der Waals surface area contributed by atoms with Gasteiger partial charge in [-0.15, -0.1) is 0 Å². The van der Waals surface area contributed by atoms with Crippen LogP contribution in [0.1, 0.15) is 24.3 Å². The first kappa shape index (κ1) is 29.6. The number of aliphatic hydroxyl groups is 1. The predicted octanol–water partition coefficient (Wildman–Crippen LogP) is 6.55. The lowest BCUT2D eigenvalue weighted by Crippen LogP contribution is -2.46. The van der Waals surface area contributed by atoms with E-state index in [0.29, 0.717) is 36.8 Å². The fraction of sp³-hybridized carbons (Fsp3) is 0.346. The van der Waals surface area contributed by atoms with E-state index < -0.39 is 24.0 Å². The predicted molar refractivity (Wildman–Crippen MR) is 153 cm³/mol. The minimum atomic E-state index is -1.58. The quantitative estimate of drug-likeness (QED) is 0.204. The van der Waals surface area contributed by atoms with Crippen molar-refractivity contribution in [2.45, 2.75) is 44.2 Å². The molecule has 3 heterocycles. The van der Waals surface area contributed by atoms with E-state index in [1.165, 1.54) is 13.4 Å². The van der Waals surface area contributed by atoms with Gasteiger partial charge < -0.3 is 24.1 Å². The number of fused-ring (bicyclic) bond motifs is 1. The molecule has 9 nitrogen and oxygen atoms in total. The highest BCUT2D eigenvalue weighted by Gasteiger charge is 2.55. The topological polar surface area (TPSA) is 101 Å². The standard InChI is InChI=1S/C26H23Cl5N4O5/c1-26(36)21(39-10-14-4-6-16(28)8-18(14)30)19(11-38-9-13-3-5-15(27)7-17(13)29)40-24(26)35-12-32-20-22(35)33-25(31)34-23(20)37-2/h3-8,12,19,21,24,36H,9-11H2,1-2H3. The average molecular weight is 649 g/mol.